The second kappa shape index (κ2) is 14.9. The van der Waals surface area contributed by atoms with Crippen LogP contribution in [0, 0.1) is 5.92 Å². The van der Waals surface area contributed by atoms with Crippen LogP contribution in [0.4, 0.5) is 5.69 Å². The van der Waals surface area contributed by atoms with Crippen molar-refractivity contribution in [2.45, 2.75) is 32.6 Å². The Balaban J connectivity index is 0.00000364. The van der Waals surface area contributed by atoms with Crippen molar-refractivity contribution in [3.63, 3.8) is 0 Å². The molecule has 0 aliphatic heterocycles. The lowest BCUT2D eigenvalue weighted by Crippen LogP contribution is -2.30. The Morgan fingerprint density at radius 1 is 1.19 bits per heavy atom. The highest BCUT2D eigenvalue weighted by molar-refractivity contribution is 14.0. The van der Waals surface area contributed by atoms with Gasteiger partial charge in [0.2, 0.25) is 0 Å². The van der Waals surface area contributed by atoms with E-state index in [2.05, 4.69) is 22.5 Å². The van der Waals surface area contributed by atoms with Crippen LogP contribution in [0.2, 0.25) is 0 Å². The summed E-state index contributed by atoms with van der Waals surface area (Å²) in [6, 6.07) is 7.93. The number of aliphatic imine (C=N–C) groups is 1. The van der Waals surface area contributed by atoms with E-state index < -0.39 is 0 Å². The van der Waals surface area contributed by atoms with Crippen molar-refractivity contribution in [2.75, 3.05) is 51.9 Å². The zero-order chi connectivity index (χ0) is 18.5. The summed E-state index contributed by atoms with van der Waals surface area (Å²) in [5.74, 6) is 2.45. The van der Waals surface area contributed by atoms with Gasteiger partial charge in [-0.3, -0.25) is 4.99 Å². The molecule has 1 aliphatic carbocycles. The van der Waals surface area contributed by atoms with Crippen molar-refractivity contribution in [1.29, 1.82) is 0 Å². The number of hydrogen-bond acceptors (Lipinski definition) is 4. The van der Waals surface area contributed by atoms with E-state index in [1.807, 2.05) is 24.3 Å². The maximum atomic E-state index is 5.74. The molecule has 0 bridgehead atoms. The Bertz CT molecular complexity index is 539. The van der Waals surface area contributed by atoms with E-state index in [-0.39, 0.29) is 24.0 Å². The number of halogens is 1. The summed E-state index contributed by atoms with van der Waals surface area (Å²) < 4.78 is 16.4. The van der Waals surface area contributed by atoms with Crippen LogP contribution in [0.15, 0.2) is 29.3 Å². The van der Waals surface area contributed by atoms with E-state index in [1.54, 1.807) is 7.11 Å². The molecule has 0 radical (unpaired) electrons. The second-order valence-corrected chi connectivity index (χ2v) is 6.48. The van der Waals surface area contributed by atoms with Gasteiger partial charge in [-0.05, 0) is 44.2 Å². The third-order valence-corrected chi connectivity index (χ3v) is 3.97. The lowest BCUT2D eigenvalue weighted by molar-refractivity contribution is 0.123. The van der Waals surface area contributed by atoms with E-state index in [9.17, 15) is 0 Å². The van der Waals surface area contributed by atoms with Crippen LogP contribution >= 0.6 is 24.0 Å². The van der Waals surface area contributed by atoms with Gasteiger partial charge in [0.25, 0.3) is 0 Å². The van der Waals surface area contributed by atoms with Gasteiger partial charge in [0.1, 0.15) is 5.75 Å². The molecule has 154 valence electrons. The first kappa shape index (κ1) is 24.0. The molecule has 1 fully saturated rings. The molecule has 1 saturated carbocycles. The Morgan fingerprint density at radius 2 is 2.04 bits per heavy atom. The fourth-order valence-electron chi connectivity index (χ4n) is 2.39. The highest BCUT2D eigenvalue weighted by Gasteiger charge is 2.20. The summed E-state index contributed by atoms with van der Waals surface area (Å²) in [6.45, 7) is 6.67. The minimum Gasteiger partial charge on any atom is -0.493 e. The minimum atomic E-state index is 0. The zero-order valence-electron chi connectivity index (χ0n) is 16.5. The smallest absolute Gasteiger partial charge is 0.195 e. The summed E-state index contributed by atoms with van der Waals surface area (Å²) in [6.07, 6.45) is 4.48. The number of ether oxygens (including phenoxy) is 3. The third-order valence-electron chi connectivity index (χ3n) is 3.97. The largest absolute Gasteiger partial charge is 0.493 e. The van der Waals surface area contributed by atoms with E-state index in [1.165, 1.54) is 12.8 Å². The third kappa shape index (κ3) is 11.4. The molecular weight excluding hydrogens is 457 g/mol. The molecule has 0 spiro atoms. The average molecular weight is 491 g/mol. The molecule has 1 aromatic carbocycles. The van der Waals surface area contributed by atoms with Crippen molar-refractivity contribution in [2.24, 2.45) is 10.9 Å². The number of methoxy groups -OCH3 is 1. The van der Waals surface area contributed by atoms with Gasteiger partial charge in [-0.1, -0.05) is 6.07 Å². The van der Waals surface area contributed by atoms with Gasteiger partial charge in [0, 0.05) is 58.2 Å². The van der Waals surface area contributed by atoms with Crippen molar-refractivity contribution in [1.82, 2.24) is 5.32 Å². The summed E-state index contributed by atoms with van der Waals surface area (Å²) in [4.78, 5) is 4.61. The lowest BCUT2D eigenvalue weighted by atomic mass is 10.3. The molecule has 6 nitrogen and oxygen atoms in total. The van der Waals surface area contributed by atoms with Gasteiger partial charge in [-0.15, -0.1) is 24.0 Å². The van der Waals surface area contributed by atoms with E-state index in [0.29, 0.717) is 13.2 Å². The van der Waals surface area contributed by atoms with Gasteiger partial charge in [-0.25, -0.2) is 0 Å². The molecule has 1 aromatic rings. The molecule has 2 rings (SSSR count). The molecule has 2 N–H and O–H groups in total. The maximum Gasteiger partial charge on any atom is 0.195 e. The molecule has 0 saturated heterocycles. The first-order valence-electron chi connectivity index (χ1n) is 9.66. The highest BCUT2D eigenvalue weighted by atomic mass is 127. The highest BCUT2D eigenvalue weighted by Crippen LogP contribution is 2.28. The first-order chi connectivity index (χ1) is 12.8. The standard InChI is InChI=1S/C20H33N3O3.HI/c1-3-21-20(22-11-5-13-25-16-17-9-10-17)23-18-7-4-8-19(15-18)26-14-6-12-24-2;/h4,7-8,15,17H,3,5-6,9-14,16H2,1-2H3,(H2,21,22,23);1H. The normalized spacial score (nSPS) is 13.8. The number of rotatable bonds is 13. The van der Waals surface area contributed by atoms with Crippen LogP contribution in [-0.4, -0.2) is 52.6 Å². The zero-order valence-corrected chi connectivity index (χ0v) is 18.9. The number of guanidine groups is 1. The van der Waals surface area contributed by atoms with Crippen LogP contribution in [0.25, 0.3) is 0 Å². The number of benzene rings is 1. The molecule has 0 atom stereocenters. The van der Waals surface area contributed by atoms with Crippen LogP contribution in [0.5, 0.6) is 5.75 Å². The Labute approximate surface area is 180 Å². The molecule has 0 heterocycles. The number of nitrogens with zero attached hydrogens (tertiary/aromatic N) is 1. The molecule has 7 heteroatoms. The SMILES string of the molecule is CCNC(=NCCCOCC1CC1)Nc1cccc(OCCCOC)c1.I. The Kier molecular flexibility index (Phi) is 13.3. The van der Waals surface area contributed by atoms with Gasteiger partial charge in [-0.2, -0.15) is 0 Å². The van der Waals surface area contributed by atoms with E-state index in [0.717, 1.165) is 62.5 Å². The molecule has 0 aromatic heterocycles. The fraction of sp³-hybridized carbons (Fsp3) is 0.650. The monoisotopic (exact) mass is 491 g/mol. The maximum absolute atomic E-state index is 5.74. The van der Waals surface area contributed by atoms with Gasteiger partial charge < -0.3 is 24.8 Å². The Morgan fingerprint density at radius 3 is 2.78 bits per heavy atom. The predicted octanol–water partition coefficient (Wildman–Crippen LogP) is 3.91. The Hall–Kier alpha value is -1.06. The number of hydrogen-bond donors (Lipinski definition) is 2. The van der Waals surface area contributed by atoms with Crippen molar-refractivity contribution in [3.05, 3.63) is 24.3 Å². The van der Waals surface area contributed by atoms with Crippen molar-refractivity contribution < 1.29 is 14.2 Å². The summed E-state index contributed by atoms with van der Waals surface area (Å²) in [7, 11) is 1.70. The molecule has 0 unspecified atom stereocenters. The molecule has 0 amide bonds. The van der Waals surface area contributed by atoms with Crippen LogP contribution in [0.1, 0.15) is 32.6 Å². The summed E-state index contributed by atoms with van der Waals surface area (Å²) in [5.41, 5.74) is 0.957. The molecule has 27 heavy (non-hydrogen) atoms. The lowest BCUT2D eigenvalue weighted by Gasteiger charge is -2.13. The summed E-state index contributed by atoms with van der Waals surface area (Å²) >= 11 is 0. The van der Waals surface area contributed by atoms with Gasteiger partial charge in [0.05, 0.1) is 6.61 Å². The van der Waals surface area contributed by atoms with Crippen LogP contribution in [-0.2, 0) is 9.47 Å². The van der Waals surface area contributed by atoms with Crippen molar-refractivity contribution >= 4 is 35.6 Å². The van der Waals surface area contributed by atoms with E-state index >= 15 is 0 Å². The predicted molar refractivity (Wildman–Crippen MR) is 122 cm³/mol. The average Bonchev–Trinajstić information content (AvgIpc) is 3.46. The molecular formula is C20H34IN3O3. The van der Waals surface area contributed by atoms with E-state index in [4.69, 9.17) is 14.2 Å². The topological polar surface area (TPSA) is 64.1 Å². The quantitative estimate of drug-likeness (QED) is 0.190. The number of anilines is 1. The number of nitrogens with one attached hydrogen (secondary N) is 2. The fourth-order valence-corrected chi connectivity index (χ4v) is 2.39. The second-order valence-electron chi connectivity index (χ2n) is 6.48. The minimum absolute atomic E-state index is 0. The van der Waals surface area contributed by atoms with Crippen LogP contribution < -0.4 is 15.4 Å². The van der Waals surface area contributed by atoms with Crippen LogP contribution in [0.3, 0.4) is 0 Å². The first-order valence-corrected chi connectivity index (χ1v) is 9.66. The summed E-state index contributed by atoms with van der Waals surface area (Å²) in [5, 5.41) is 6.60. The molecule has 1 aliphatic rings. The van der Waals surface area contributed by atoms with Gasteiger partial charge >= 0.3 is 0 Å². The van der Waals surface area contributed by atoms with Crippen molar-refractivity contribution in [3.8, 4) is 5.75 Å². The van der Waals surface area contributed by atoms with Gasteiger partial charge in [0.15, 0.2) is 5.96 Å².